The molecule has 2 fully saturated rings. The average molecular weight is 232 g/mol. The van der Waals surface area contributed by atoms with Crippen LogP contribution in [0.4, 0.5) is 0 Å². The van der Waals surface area contributed by atoms with Crippen molar-refractivity contribution >= 4 is 0 Å². The fraction of sp³-hybridized carbons (Fsp3) is 0.818. The molecular formula is C11H16N6. The van der Waals surface area contributed by atoms with Crippen LogP contribution in [0, 0.1) is 17.2 Å². The van der Waals surface area contributed by atoms with Gasteiger partial charge in [0.2, 0.25) is 0 Å². The molecule has 6 heteroatoms. The molecule has 0 radical (unpaired) electrons. The Morgan fingerprint density at radius 3 is 2.65 bits per heavy atom. The molecule has 1 saturated heterocycles. The maximum Gasteiger partial charge on any atom is 0.165 e. The van der Waals surface area contributed by atoms with E-state index in [-0.39, 0.29) is 5.92 Å². The van der Waals surface area contributed by atoms with Crippen LogP contribution >= 0.6 is 0 Å². The van der Waals surface area contributed by atoms with Crippen LogP contribution in [0.1, 0.15) is 37.5 Å². The largest absolute Gasteiger partial charge is 0.296 e. The van der Waals surface area contributed by atoms with Gasteiger partial charge in [0.15, 0.2) is 5.82 Å². The standard InChI is InChI=1S/C11H16N6/c12-7-9-3-5-16(6-4-9)8-11-13-14-15-17(11)10-1-2-10/h9-10H,1-6,8H2. The van der Waals surface area contributed by atoms with E-state index < -0.39 is 0 Å². The van der Waals surface area contributed by atoms with Crippen molar-refractivity contribution in [2.45, 2.75) is 38.3 Å². The highest BCUT2D eigenvalue weighted by Gasteiger charge is 2.29. The zero-order valence-electron chi connectivity index (χ0n) is 9.79. The SMILES string of the molecule is N#CC1CCN(Cc2nnnn2C2CC2)CC1. The van der Waals surface area contributed by atoms with Gasteiger partial charge < -0.3 is 0 Å². The van der Waals surface area contributed by atoms with Crippen LogP contribution in [0.15, 0.2) is 0 Å². The predicted molar refractivity (Wildman–Crippen MR) is 59.7 cm³/mol. The normalized spacial score (nSPS) is 22.5. The Labute approximate surface area is 100 Å². The van der Waals surface area contributed by atoms with Crippen molar-refractivity contribution in [2.24, 2.45) is 5.92 Å². The number of tetrazole rings is 1. The van der Waals surface area contributed by atoms with E-state index in [2.05, 4.69) is 26.5 Å². The van der Waals surface area contributed by atoms with E-state index in [1.54, 1.807) is 0 Å². The molecule has 0 unspecified atom stereocenters. The Bertz CT molecular complexity index is 421. The monoisotopic (exact) mass is 232 g/mol. The van der Waals surface area contributed by atoms with E-state index in [0.717, 1.165) is 38.3 Å². The molecule has 0 amide bonds. The third kappa shape index (κ3) is 2.29. The number of hydrogen-bond acceptors (Lipinski definition) is 5. The first-order chi connectivity index (χ1) is 8.36. The fourth-order valence-corrected chi connectivity index (χ4v) is 2.34. The van der Waals surface area contributed by atoms with E-state index in [9.17, 15) is 0 Å². The van der Waals surface area contributed by atoms with Crippen LogP contribution in [0.2, 0.25) is 0 Å². The van der Waals surface area contributed by atoms with Gasteiger partial charge in [0.05, 0.1) is 18.7 Å². The van der Waals surface area contributed by atoms with Crippen LogP contribution in [0.25, 0.3) is 0 Å². The number of hydrogen-bond donors (Lipinski definition) is 0. The maximum atomic E-state index is 8.85. The van der Waals surface area contributed by atoms with Gasteiger partial charge in [-0.3, -0.25) is 4.90 Å². The summed E-state index contributed by atoms with van der Waals surface area (Å²) in [5.41, 5.74) is 0. The number of nitrogens with zero attached hydrogens (tertiary/aromatic N) is 6. The van der Waals surface area contributed by atoms with Gasteiger partial charge in [-0.25, -0.2) is 4.68 Å². The summed E-state index contributed by atoms with van der Waals surface area (Å²) < 4.78 is 1.97. The molecule has 1 aromatic rings. The predicted octanol–water partition coefficient (Wildman–Crippen LogP) is 0.744. The van der Waals surface area contributed by atoms with Gasteiger partial charge in [0.25, 0.3) is 0 Å². The Hall–Kier alpha value is -1.48. The number of piperidine rings is 1. The minimum Gasteiger partial charge on any atom is -0.296 e. The first kappa shape index (κ1) is 10.7. The molecule has 0 spiro atoms. The van der Waals surface area contributed by atoms with Crippen molar-refractivity contribution < 1.29 is 0 Å². The molecule has 1 aromatic heterocycles. The molecule has 1 aliphatic carbocycles. The van der Waals surface area contributed by atoms with Crippen LogP contribution in [-0.4, -0.2) is 38.2 Å². The van der Waals surface area contributed by atoms with Gasteiger partial charge in [-0.2, -0.15) is 5.26 Å². The molecule has 2 heterocycles. The number of rotatable bonds is 3. The van der Waals surface area contributed by atoms with Crippen molar-refractivity contribution in [3.63, 3.8) is 0 Å². The highest BCUT2D eigenvalue weighted by atomic mass is 15.6. The Morgan fingerprint density at radius 1 is 1.24 bits per heavy atom. The van der Waals surface area contributed by atoms with Crippen molar-refractivity contribution in [3.8, 4) is 6.07 Å². The molecule has 0 bridgehead atoms. The Morgan fingerprint density at radius 2 is 2.00 bits per heavy atom. The van der Waals surface area contributed by atoms with E-state index >= 15 is 0 Å². The lowest BCUT2D eigenvalue weighted by Crippen LogP contribution is -2.33. The van der Waals surface area contributed by atoms with E-state index in [0.29, 0.717) is 6.04 Å². The summed E-state index contributed by atoms with van der Waals surface area (Å²) in [6.45, 7) is 2.78. The summed E-state index contributed by atoms with van der Waals surface area (Å²) in [5, 5.41) is 20.8. The molecule has 90 valence electrons. The summed E-state index contributed by atoms with van der Waals surface area (Å²) in [6.07, 6.45) is 4.35. The highest BCUT2D eigenvalue weighted by molar-refractivity contribution is 4.92. The van der Waals surface area contributed by atoms with Gasteiger partial charge in [-0.15, -0.1) is 5.10 Å². The highest BCUT2D eigenvalue weighted by Crippen LogP contribution is 2.34. The van der Waals surface area contributed by atoms with Gasteiger partial charge in [-0.1, -0.05) is 0 Å². The summed E-state index contributed by atoms with van der Waals surface area (Å²) in [5.74, 6) is 1.22. The molecule has 2 aliphatic rings. The van der Waals surface area contributed by atoms with Crippen LogP contribution in [0.5, 0.6) is 0 Å². The quantitative estimate of drug-likeness (QED) is 0.768. The molecule has 0 atom stereocenters. The van der Waals surface area contributed by atoms with Crippen LogP contribution in [0.3, 0.4) is 0 Å². The lowest BCUT2D eigenvalue weighted by molar-refractivity contribution is 0.190. The average Bonchev–Trinajstić information content (AvgIpc) is 3.11. The zero-order valence-corrected chi connectivity index (χ0v) is 9.79. The van der Waals surface area contributed by atoms with Gasteiger partial charge in [-0.05, 0) is 49.2 Å². The minimum absolute atomic E-state index is 0.241. The molecule has 0 N–H and O–H groups in total. The van der Waals surface area contributed by atoms with Gasteiger partial charge in [0.1, 0.15) is 0 Å². The third-order valence-corrected chi connectivity index (χ3v) is 3.59. The van der Waals surface area contributed by atoms with E-state index in [1.807, 2.05) is 4.68 Å². The molecule has 3 rings (SSSR count). The molecule has 6 nitrogen and oxygen atoms in total. The lowest BCUT2D eigenvalue weighted by Gasteiger charge is -2.28. The maximum absolute atomic E-state index is 8.85. The second-order valence-corrected chi connectivity index (χ2v) is 4.95. The zero-order chi connectivity index (χ0) is 11.7. The first-order valence-corrected chi connectivity index (χ1v) is 6.25. The fourth-order valence-electron chi connectivity index (χ4n) is 2.34. The van der Waals surface area contributed by atoms with Crippen molar-refractivity contribution in [1.29, 1.82) is 5.26 Å². The Balaban J connectivity index is 1.60. The van der Waals surface area contributed by atoms with E-state index in [1.165, 1.54) is 12.8 Å². The summed E-state index contributed by atoms with van der Waals surface area (Å²) >= 11 is 0. The molecule has 0 aromatic carbocycles. The lowest BCUT2D eigenvalue weighted by atomic mass is 9.99. The molecule has 17 heavy (non-hydrogen) atoms. The van der Waals surface area contributed by atoms with Gasteiger partial charge in [0, 0.05) is 5.92 Å². The van der Waals surface area contributed by atoms with Crippen molar-refractivity contribution in [3.05, 3.63) is 5.82 Å². The smallest absolute Gasteiger partial charge is 0.165 e. The summed E-state index contributed by atoms with van der Waals surface area (Å²) in [7, 11) is 0. The summed E-state index contributed by atoms with van der Waals surface area (Å²) in [4.78, 5) is 2.35. The summed E-state index contributed by atoms with van der Waals surface area (Å²) in [6, 6.07) is 2.89. The van der Waals surface area contributed by atoms with Crippen molar-refractivity contribution in [1.82, 2.24) is 25.1 Å². The van der Waals surface area contributed by atoms with Gasteiger partial charge >= 0.3 is 0 Å². The second kappa shape index (κ2) is 4.41. The number of likely N-dealkylation sites (tertiary alicyclic amines) is 1. The number of aromatic nitrogens is 4. The molecule has 1 aliphatic heterocycles. The van der Waals surface area contributed by atoms with Crippen molar-refractivity contribution in [2.75, 3.05) is 13.1 Å². The first-order valence-electron chi connectivity index (χ1n) is 6.25. The minimum atomic E-state index is 0.241. The Kier molecular flexibility index (Phi) is 2.77. The van der Waals surface area contributed by atoms with Crippen LogP contribution in [-0.2, 0) is 6.54 Å². The third-order valence-electron chi connectivity index (χ3n) is 3.59. The van der Waals surface area contributed by atoms with Crippen LogP contribution < -0.4 is 0 Å². The molecular weight excluding hydrogens is 216 g/mol. The molecule has 1 saturated carbocycles. The topological polar surface area (TPSA) is 70.6 Å². The number of nitriles is 1. The van der Waals surface area contributed by atoms with E-state index in [4.69, 9.17) is 5.26 Å². The second-order valence-electron chi connectivity index (χ2n) is 4.95.